The van der Waals surface area contributed by atoms with E-state index in [1.807, 2.05) is 32.0 Å². The van der Waals surface area contributed by atoms with Gasteiger partial charge in [-0.25, -0.2) is 5.43 Å². The Hall–Kier alpha value is -3.94. The van der Waals surface area contributed by atoms with Gasteiger partial charge in [-0.05, 0) is 49.7 Å². The van der Waals surface area contributed by atoms with Crippen molar-refractivity contribution in [2.24, 2.45) is 5.10 Å². The largest absolute Gasteiger partial charge is 0.483 e. The minimum Gasteiger partial charge on any atom is -0.483 e. The number of furan rings is 1. The van der Waals surface area contributed by atoms with Crippen molar-refractivity contribution in [1.29, 1.82) is 0 Å². The molecule has 1 heterocycles. The van der Waals surface area contributed by atoms with Crippen LogP contribution in [-0.2, 0) is 4.79 Å². The maximum Gasteiger partial charge on any atom is 0.277 e. The molecule has 148 valence electrons. The molecule has 0 spiro atoms. The third-order valence-corrected chi connectivity index (χ3v) is 4.06. The molecule has 0 aliphatic carbocycles. The van der Waals surface area contributed by atoms with Gasteiger partial charge in [-0.1, -0.05) is 17.7 Å². The summed E-state index contributed by atoms with van der Waals surface area (Å²) in [6.07, 6.45) is 1.36. The summed E-state index contributed by atoms with van der Waals surface area (Å²) in [6, 6.07) is 15.1. The predicted octanol–water partition coefficient (Wildman–Crippen LogP) is 4.00. The molecule has 0 unspecified atom stereocenters. The maximum absolute atomic E-state index is 11.9. The van der Waals surface area contributed by atoms with E-state index < -0.39 is 10.8 Å². The van der Waals surface area contributed by atoms with Gasteiger partial charge >= 0.3 is 0 Å². The lowest BCUT2D eigenvalue weighted by molar-refractivity contribution is -0.384. The lowest BCUT2D eigenvalue weighted by atomic mass is 10.1. The van der Waals surface area contributed by atoms with Crippen LogP contribution in [0.5, 0.6) is 5.75 Å². The first-order valence-electron chi connectivity index (χ1n) is 8.79. The number of carbonyl (C=O) groups is 1. The molecule has 3 rings (SSSR count). The van der Waals surface area contributed by atoms with Gasteiger partial charge in [0.15, 0.2) is 6.61 Å². The Bertz CT molecular complexity index is 1050. The summed E-state index contributed by atoms with van der Waals surface area (Å²) in [5, 5.41) is 14.6. The van der Waals surface area contributed by atoms with Gasteiger partial charge in [-0.2, -0.15) is 5.10 Å². The number of hydrazone groups is 1. The molecule has 0 bridgehead atoms. The number of hydrogen-bond acceptors (Lipinski definition) is 6. The van der Waals surface area contributed by atoms with Crippen LogP contribution in [-0.4, -0.2) is 23.7 Å². The summed E-state index contributed by atoms with van der Waals surface area (Å²) in [5.41, 5.74) is 5.15. The molecule has 1 amide bonds. The molecular weight excluding hydrogens is 374 g/mol. The van der Waals surface area contributed by atoms with E-state index in [-0.39, 0.29) is 12.3 Å². The lowest BCUT2D eigenvalue weighted by Crippen LogP contribution is -2.24. The number of hydrogen-bond donors (Lipinski definition) is 1. The van der Waals surface area contributed by atoms with Crippen LogP contribution >= 0.6 is 0 Å². The Kier molecular flexibility index (Phi) is 6.03. The number of carbonyl (C=O) groups excluding carboxylic acids is 1. The minimum atomic E-state index is -0.462. The van der Waals surface area contributed by atoms with Crippen LogP contribution in [0, 0.1) is 24.0 Å². The zero-order valence-electron chi connectivity index (χ0n) is 15.9. The van der Waals surface area contributed by atoms with Gasteiger partial charge < -0.3 is 9.15 Å². The summed E-state index contributed by atoms with van der Waals surface area (Å²) in [5.74, 6) is 1.21. The first kappa shape index (κ1) is 19.8. The third kappa shape index (κ3) is 5.29. The van der Waals surface area contributed by atoms with Crippen LogP contribution in [0.1, 0.15) is 16.9 Å². The number of aryl methyl sites for hydroxylation is 2. The molecule has 3 aromatic rings. The summed E-state index contributed by atoms with van der Waals surface area (Å²) >= 11 is 0. The van der Waals surface area contributed by atoms with Gasteiger partial charge in [0.1, 0.15) is 17.3 Å². The van der Waals surface area contributed by atoms with Gasteiger partial charge in [0.05, 0.1) is 11.1 Å². The molecular formula is C21H19N3O5. The standard InChI is InChI=1S/C21H19N3O5/c1-14-3-9-19(15(2)11-14)28-13-21(25)23-22-12-18-8-10-20(29-18)16-4-6-17(7-5-16)24(26)27/h3-12H,13H2,1-2H3,(H,23,25)/b22-12+. The number of nitro groups is 1. The summed E-state index contributed by atoms with van der Waals surface area (Å²) in [7, 11) is 0. The molecule has 2 aromatic carbocycles. The zero-order valence-corrected chi connectivity index (χ0v) is 15.9. The molecule has 0 saturated carbocycles. The predicted molar refractivity (Wildman–Crippen MR) is 108 cm³/mol. The summed E-state index contributed by atoms with van der Waals surface area (Å²) in [6.45, 7) is 3.74. The smallest absolute Gasteiger partial charge is 0.277 e. The van der Waals surface area contributed by atoms with Crippen molar-refractivity contribution in [2.75, 3.05) is 6.61 Å². The highest BCUT2D eigenvalue weighted by Crippen LogP contribution is 2.24. The summed E-state index contributed by atoms with van der Waals surface area (Å²) < 4.78 is 11.1. The molecule has 29 heavy (non-hydrogen) atoms. The average Bonchev–Trinajstić information content (AvgIpc) is 3.16. The SMILES string of the molecule is Cc1ccc(OCC(=O)N/N=C/c2ccc(-c3ccc([N+](=O)[O-])cc3)o2)c(C)c1. The van der Waals surface area contributed by atoms with Crippen LogP contribution in [0.15, 0.2) is 64.1 Å². The van der Waals surface area contributed by atoms with E-state index in [0.29, 0.717) is 22.8 Å². The van der Waals surface area contributed by atoms with E-state index in [9.17, 15) is 14.9 Å². The van der Waals surface area contributed by atoms with E-state index in [2.05, 4.69) is 10.5 Å². The van der Waals surface area contributed by atoms with Gasteiger partial charge in [-0.3, -0.25) is 14.9 Å². The van der Waals surface area contributed by atoms with E-state index in [0.717, 1.165) is 11.1 Å². The lowest BCUT2D eigenvalue weighted by Gasteiger charge is -2.08. The number of rotatable bonds is 7. The van der Waals surface area contributed by atoms with Crippen molar-refractivity contribution >= 4 is 17.8 Å². The Balaban J connectivity index is 1.52. The van der Waals surface area contributed by atoms with Crippen LogP contribution in [0.2, 0.25) is 0 Å². The van der Waals surface area contributed by atoms with Crippen molar-refractivity contribution in [1.82, 2.24) is 5.43 Å². The number of nitrogens with zero attached hydrogens (tertiary/aromatic N) is 2. The first-order chi connectivity index (χ1) is 13.9. The molecule has 0 atom stereocenters. The molecule has 0 radical (unpaired) electrons. The highest BCUT2D eigenvalue weighted by Gasteiger charge is 2.08. The molecule has 0 saturated heterocycles. The van der Waals surface area contributed by atoms with Crippen LogP contribution in [0.4, 0.5) is 5.69 Å². The van der Waals surface area contributed by atoms with Crippen molar-refractivity contribution in [3.63, 3.8) is 0 Å². The molecule has 0 aliphatic rings. The minimum absolute atomic E-state index is 0.00727. The van der Waals surface area contributed by atoms with Gasteiger partial charge in [0.2, 0.25) is 0 Å². The van der Waals surface area contributed by atoms with E-state index >= 15 is 0 Å². The fraction of sp³-hybridized carbons (Fsp3) is 0.143. The van der Waals surface area contributed by atoms with E-state index in [4.69, 9.17) is 9.15 Å². The van der Waals surface area contributed by atoms with E-state index in [1.54, 1.807) is 24.3 Å². The topological polar surface area (TPSA) is 107 Å². The molecule has 0 aliphatic heterocycles. The Morgan fingerprint density at radius 2 is 1.93 bits per heavy atom. The highest BCUT2D eigenvalue weighted by atomic mass is 16.6. The van der Waals surface area contributed by atoms with Crippen molar-refractivity contribution < 1.29 is 18.9 Å². The number of nitro benzene ring substituents is 1. The van der Waals surface area contributed by atoms with Crippen LogP contribution in [0.3, 0.4) is 0 Å². The van der Waals surface area contributed by atoms with E-state index in [1.165, 1.54) is 18.3 Å². The Morgan fingerprint density at radius 1 is 1.17 bits per heavy atom. The monoisotopic (exact) mass is 393 g/mol. The Morgan fingerprint density at radius 3 is 2.62 bits per heavy atom. The second-order valence-electron chi connectivity index (χ2n) is 6.36. The Labute approximate surface area is 167 Å². The molecule has 8 heteroatoms. The number of ether oxygens (including phenoxy) is 1. The molecule has 1 N–H and O–H groups in total. The quantitative estimate of drug-likeness (QED) is 0.371. The summed E-state index contributed by atoms with van der Waals surface area (Å²) in [4.78, 5) is 22.1. The van der Waals surface area contributed by atoms with Crippen molar-refractivity contribution in [3.05, 3.63) is 81.6 Å². The highest BCUT2D eigenvalue weighted by molar-refractivity contribution is 5.81. The molecule has 0 fully saturated rings. The fourth-order valence-electron chi connectivity index (χ4n) is 2.63. The normalized spacial score (nSPS) is 10.8. The maximum atomic E-state index is 11.9. The average molecular weight is 393 g/mol. The van der Waals surface area contributed by atoms with Crippen molar-refractivity contribution in [3.8, 4) is 17.1 Å². The van der Waals surface area contributed by atoms with Crippen LogP contribution < -0.4 is 10.2 Å². The number of non-ortho nitro benzene ring substituents is 1. The van der Waals surface area contributed by atoms with Gasteiger partial charge in [0, 0.05) is 17.7 Å². The van der Waals surface area contributed by atoms with Gasteiger partial charge in [0.25, 0.3) is 11.6 Å². The van der Waals surface area contributed by atoms with Crippen LogP contribution in [0.25, 0.3) is 11.3 Å². The first-order valence-corrected chi connectivity index (χ1v) is 8.79. The fourth-order valence-corrected chi connectivity index (χ4v) is 2.63. The second kappa shape index (κ2) is 8.83. The zero-order chi connectivity index (χ0) is 20.8. The number of amides is 1. The molecule has 8 nitrogen and oxygen atoms in total. The van der Waals surface area contributed by atoms with Crippen molar-refractivity contribution in [2.45, 2.75) is 13.8 Å². The number of benzene rings is 2. The molecule has 1 aromatic heterocycles. The number of nitrogens with one attached hydrogen (secondary N) is 1. The second-order valence-corrected chi connectivity index (χ2v) is 6.36. The third-order valence-electron chi connectivity index (χ3n) is 4.06. The van der Waals surface area contributed by atoms with Gasteiger partial charge in [-0.15, -0.1) is 0 Å².